The van der Waals surface area contributed by atoms with E-state index < -0.39 is 17.6 Å². The molecule has 3 aromatic rings. The fourth-order valence-corrected chi connectivity index (χ4v) is 5.25. The molecule has 0 saturated carbocycles. The number of aromatic nitrogens is 2. The summed E-state index contributed by atoms with van der Waals surface area (Å²) >= 11 is 0. The fraction of sp³-hybridized carbons (Fsp3) is 0.423. The molecule has 2 aliphatic rings. The average molecular weight is 502 g/mol. The van der Waals surface area contributed by atoms with E-state index in [0.29, 0.717) is 37.9 Å². The molecule has 2 saturated heterocycles. The average Bonchev–Trinajstić information content (AvgIpc) is 3.29. The van der Waals surface area contributed by atoms with Crippen molar-refractivity contribution in [2.24, 2.45) is 0 Å². The van der Waals surface area contributed by atoms with E-state index in [-0.39, 0.29) is 24.1 Å². The van der Waals surface area contributed by atoms with Gasteiger partial charge >= 0.3 is 6.18 Å². The molecule has 6 nitrogen and oxygen atoms in total. The first-order valence-electron chi connectivity index (χ1n) is 12.1. The maximum atomic E-state index is 13.5. The molecule has 0 unspecified atom stereocenters. The van der Waals surface area contributed by atoms with Gasteiger partial charge in [0.1, 0.15) is 5.82 Å². The number of nitrogens with zero attached hydrogens (tertiary/aromatic N) is 5. The minimum absolute atomic E-state index is 0.0564. The number of fused-ring (bicyclic) bond motifs is 1. The molecular weight excluding hydrogens is 474 g/mol. The Morgan fingerprint density at radius 3 is 2.31 bits per heavy atom. The first-order valence-corrected chi connectivity index (χ1v) is 12.1. The van der Waals surface area contributed by atoms with E-state index >= 15 is 0 Å². The predicted octanol–water partition coefficient (Wildman–Crippen LogP) is 5.02. The van der Waals surface area contributed by atoms with Crippen LogP contribution in [-0.2, 0) is 17.5 Å². The Hall–Kier alpha value is -3.27. The summed E-state index contributed by atoms with van der Waals surface area (Å²) in [6.45, 7) is 2.07. The van der Waals surface area contributed by atoms with Crippen LogP contribution in [0.3, 0.4) is 0 Å². The van der Waals surface area contributed by atoms with E-state index in [9.17, 15) is 22.4 Å². The molecule has 10 heteroatoms. The number of anilines is 2. The van der Waals surface area contributed by atoms with Crippen molar-refractivity contribution in [3.8, 4) is 0 Å². The Morgan fingerprint density at radius 1 is 1.00 bits per heavy atom. The molecule has 0 aliphatic carbocycles. The molecule has 5 rings (SSSR count). The summed E-state index contributed by atoms with van der Waals surface area (Å²) < 4.78 is 53.7. The molecule has 2 aliphatic heterocycles. The third-order valence-corrected chi connectivity index (χ3v) is 7.16. The molecule has 0 spiro atoms. The van der Waals surface area contributed by atoms with E-state index in [1.54, 1.807) is 11.9 Å². The van der Waals surface area contributed by atoms with Gasteiger partial charge in [0, 0.05) is 49.4 Å². The maximum absolute atomic E-state index is 13.5. The zero-order valence-electron chi connectivity index (χ0n) is 19.9. The van der Waals surface area contributed by atoms with Gasteiger partial charge in [-0.3, -0.25) is 14.6 Å². The summed E-state index contributed by atoms with van der Waals surface area (Å²) in [5, 5.41) is 10.7. The van der Waals surface area contributed by atoms with Crippen molar-refractivity contribution in [1.82, 2.24) is 15.1 Å². The predicted molar refractivity (Wildman–Crippen MR) is 129 cm³/mol. The minimum atomic E-state index is -4.60. The Kier molecular flexibility index (Phi) is 6.55. The number of hydrogen-bond donors (Lipinski definition) is 0. The van der Waals surface area contributed by atoms with E-state index in [1.807, 2.05) is 29.2 Å². The van der Waals surface area contributed by atoms with Crippen molar-refractivity contribution in [3.05, 3.63) is 59.4 Å². The third-order valence-electron chi connectivity index (χ3n) is 7.16. The van der Waals surface area contributed by atoms with Crippen LogP contribution >= 0.6 is 0 Å². The van der Waals surface area contributed by atoms with Gasteiger partial charge in [0.25, 0.3) is 0 Å². The molecule has 3 heterocycles. The number of alkyl halides is 3. The van der Waals surface area contributed by atoms with Crippen LogP contribution in [0.1, 0.15) is 36.8 Å². The van der Waals surface area contributed by atoms with E-state index in [4.69, 9.17) is 0 Å². The molecule has 190 valence electrons. The number of piperidine rings is 1. The van der Waals surface area contributed by atoms with Gasteiger partial charge in [-0.25, -0.2) is 4.39 Å². The molecule has 0 N–H and O–H groups in total. The van der Waals surface area contributed by atoms with Gasteiger partial charge in [-0.15, -0.1) is 10.2 Å². The monoisotopic (exact) mass is 501 g/mol. The summed E-state index contributed by atoms with van der Waals surface area (Å²) in [5.41, 5.74) is -0.858. The second-order valence-electron chi connectivity index (χ2n) is 9.47. The third kappa shape index (κ3) is 4.74. The highest BCUT2D eigenvalue weighted by atomic mass is 19.4. The number of hydrogen-bond acceptors (Lipinski definition) is 5. The molecule has 0 atom stereocenters. The largest absolute Gasteiger partial charge is 0.416 e. The molecular formula is C26H27F4N5O. The van der Waals surface area contributed by atoms with Crippen molar-refractivity contribution in [2.45, 2.75) is 44.4 Å². The van der Waals surface area contributed by atoms with E-state index in [1.165, 1.54) is 6.07 Å². The molecule has 1 aromatic heterocycles. The van der Waals surface area contributed by atoms with Crippen LogP contribution in [-0.4, -0.2) is 53.7 Å². The van der Waals surface area contributed by atoms with E-state index in [2.05, 4.69) is 15.1 Å². The molecule has 36 heavy (non-hydrogen) atoms. The van der Waals surface area contributed by atoms with Gasteiger partial charge < -0.3 is 4.90 Å². The SMILES string of the molecule is CN(Cc1ccc(F)cc1C(F)(F)F)C1CCN(c2nnc(N3CCCC3=O)c3ccccc23)CC1. The van der Waals surface area contributed by atoms with Crippen LogP contribution in [0, 0.1) is 5.82 Å². The summed E-state index contributed by atoms with van der Waals surface area (Å²) in [7, 11) is 1.81. The Balaban J connectivity index is 1.31. The van der Waals surface area contributed by atoms with Crippen LogP contribution in [0.15, 0.2) is 42.5 Å². The van der Waals surface area contributed by atoms with Crippen LogP contribution < -0.4 is 9.80 Å². The number of carbonyl (C=O) groups is 1. The Labute approximate surface area is 206 Å². The summed E-state index contributed by atoms with van der Waals surface area (Å²) in [6.07, 6.45) is -1.81. The Morgan fingerprint density at radius 2 is 1.67 bits per heavy atom. The Bertz CT molecular complexity index is 1270. The van der Waals surface area contributed by atoms with Crippen molar-refractivity contribution in [2.75, 3.05) is 36.5 Å². The molecule has 1 amide bonds. The molecule has 2 fully saturated rings. The quantitative estimate of drug-likeness (QED) is 0.460. The van der Waals surface area contributed by atoms with Gasteiger partial charge in [-0.05, 0) is 44.0 Å². The number of halogens is 4. The zero-order valence-corrected chi connectivity index (χ0v) is 19.9. The second-order valence-corrected chi connectivity index (χ2v) is 9.47. The second kappa shape index (κ2) is 9.65. The van der Waals surface area contributed by atoms with Crippen LogP contribution in [0.25, 0.3) is 10.8 Å². The van der Waals surface area contributed by atoms with Crippen molar-refractivity contribution >= 4 is 28.3 Å². The van der Waals surface area contributed by atoms with Crippen molar-refractivity contribution in [1.29, 1.82) is 0 Å². The van der Waals surface area contributed by atoms with Crippen LogP contribution in [0.4, 0.5) is 29.2 Å². The minimum Gasteiger partial charge on any atom is -0.354 e. The first-order chi connectivity index (χ1) is 17.2. The lowest BCUT2D eigenvalue weighted by Crippen LogP contribution is -2.43. The first kappa shape index (κ1) is 24.4. The highest BCUT2D eigenvalue weighted by Crippen LogP contribution is 2.35. The number of benzene rings is 2. The topological polar surface area (TPSA) is 52.6 Å². The summed E-state index contributed by atoms with van der Waals surface area (Å²) in [5.74, 6) is 0.502. The normalized spacial score (nSPS) is 17.6. The molecule has 0 radical (unpaired) electrons. The summed E-state index contributed by atoms with van der Waals surface area (Å²) in [6, 6.07) is 10.7. The van der Waals surface area contributed by atoms with Crippen LogP contribution in [0.2, 0.25) is 0 Å². The lowest BCUT2D eigenvalue weighted by atomic mass is 10.0. The lowest BCUT2D eigenvalue weighted by Gasteiger charge is -2.38. The zero-order chi connectivity index (χ0) is 25.4. The standard InChI is InChI=1S/C26H27F4N5O/c1-33(16-17-8-9-18(27)15-22(17)26(28,29)30)19-10-13-34(14-11-19)24-20-5-2-3-6-21(20)25(32-31-24)35-12-4-7-23(35)36/h2-3,5-6,8-9,15,19H,4,7,10-14,16H2,1H3. The fourth-order valence-electron chi connectivity index (χ4n) is 5.25. The highest BCUT2D eigenvalue weighted by molar-refractivity contribution is 6.05. The van der Waals surface area contributed by atoms with Gasteiger partial charge in [-0.2, -0.15) is 13.2 Å². The van der Waals surface area contributed by atoms with Gasteiger partial charge in [-0.1, -0.05) is 30.3 Å². The van der Waals surface area contributed by atoms with Crippen molar-refractivity contribution < 1.29 is 22.4 Å². The number of rotatable bonds is 5. The van der Waals surface area contributed by atoms with Gasteiger partial charge in [0.15, 0.2) is 11.6 Å². The molecule has 2 aromatic carbocycles. The van der Waals surface area contributed by atoms with Crippen LogP contribution in [0.5, 0.6) is 0 Å². The van der Waals surface area contributed by atoms with E-state index in [0.717, 1.165) is 41.9 Å². The number of amides is 1. The lowest BCUT2D eigenvalue weighted by molar-refractivity contribution is -0.138. The van der Waals surface area contributed by atoms with Gasteiger partial charge in [0.05, 0.1) is 5.56 Å². The highest BCUT2D eigenvalue weighted by Gasteiger charge is 2.35. The van der Waals surface area contributed by atoms with Gasteiger partial charge in [0.2, 0.25) is 5.91 Å². The molecule has 0 bridgehead atoms. The smallest absolute Gasteiger partial charge is 0.354 e. The van der Waals surface area contributed by atoms with Crippen molar-refractivity contribution in [3.63, 3.8) is 0 Å². The maximum Gasteiger partial charge on any atom is 0.416 e. The number of carbonyl (C=O) groups excluding carboxylic acids is 1. The summed E-state index contributed by atoms with van der Waals surface area (Å²) in [4.78, 5) is 18.0.